The van der Waals surface area contributed by atoms with Gasteiger partial charge in [0.25, 0.3) is 5.91 Å². The number of nitrogens with one attached hydrogen (secondary N) is 1. The maximum atomic E-state index is 12.9. The molecule has 1 aliphatic heterocycles. The molecule has 0 unspecified atom stereocenters. The van der Waals surface area contributed by atoms with Gasteiger partial charge in [-0.25, -0.2) is 4.39 Å². The number of ether oxygens (including phenoxy) is 1. The molecule has 0 spiro atoms. The molecule has 3 heterocycles. The van der Waals surface area contributed by atoms with Gasteiger partial charge >= 0.3 is 0 Å². The number of hydrogen-bond acceptors (Lipinski definition) is 9. The second-order valence-electron chi connectivity index (χ2n) is 7.11. The number of benzene rings is 1. The van der Waals surface area contributed by atoms with Gasteiger partial charge in [0.2, 0.25) is 11.0 Å². The minimum absolute atomic E-state index is 0.0901. The van der Waals surface area contributed by atoms with Crippen molar-refractivity contribution in [3.63, 3.8) is 0 Å². The van der Waals surface area contributed by atoms with Crippen molar-refractivity contribution in [1.82, 2.24) is 20.4 Å². The van der Waals surface area contributed by atoms with Gasteiger partial charge in [-0.3, -0.25) is 9.59 Å². The Labute approximate surface area is 197 Å². The molecule has 0 aliphatic carbocycles. The van der Waals surface area contributed by atoms with Crippen molar-refractivity contribution >= 4 is 40.0 Å². The third-order valence-corrected chi connectivity index (χ3v) is 6.96. The van der Waals surface area contributed by atoms with Crippen LogP contribution >= 0.6 is 23.1 Å². The zero-order valence-corrected chi connectivity index (χ0v) is 19.2. The van der Waals surface area contributed by atoms with Crippen LogP contribution in [0.3, 0.4) is 0 Å². The number of amides is 2. The zero-order valence-electron chi connectivity index (χ0n) is 17.6. The molecule has 1 N–H and O–H groups in total. The molecule has 2 aromatic heterocycles. The second kappa shape index (κ2) is 11.1. The van der Waals surface area contributed by atoms with E-state index in [9.17, 15) is 14.0 Å². The van der Waals surface area contributed by atoms with Crippen LogP contribution in [-0.4, -0.2) is 65.5 Å². The number of piperazine rings is 1. The molecule has 1 saturated heterocycles. The number of carbonyl (C=O) groups excluding carboxylic acids is 2. The van der Waals surface area contributed by atoms with Crippen molar-refractivity contribution in [2.24, 2.45) is 0 Å². The Bertz CT molecular complexity index is 1050. The molecule has 4 rings (SSSR count). The van der Waals surface area contributed by atoms with Crippen molar-refractivity contribution in [2.45, 2.75) is 10.9 Å². The Kier molecular flexibility index (Phi) is 7.79. The van der Waals surface area contributed by atoms with Crippen LogP contribution in [-0.2, 0) is 16.1 Å². The highest BCUT2D eigenvalue weighted by Gasteiger charge is 2.24. The Morgan fingerprint density at radius 3 is 2.67 bits per heavy atom. The summed E-state index contributed by atoms with van der Waals surface area (Å²) in [4.78, 5) is 28.2. The Balaban J connectivity index is 1.17. The molecule has 12 heteroatoms. The second-order valence-corrected chi connectivity index (χ2v) is 9.28. The van der Waals surface area contributed by atoms with Crippen molar-refractivity contribution in [2.75, 3.05) is 43.4 Å². The standard InChI is InChI=1S/C21H22FN5O4S2/c22-15-3-5-16(6-4-15)31-13-19(29)26-7-9-27(10-8-26)20-24-25-21(33-20)32-14-18(28)23-12-17-2-1-11-30-17/h1-6,11H,7-10,12-14H2,(H,23,28). The lowest BCUT2D eigenvalue weighted by Crippen LogP contribution is -2.50. The Morgan fingerprint density at radius 1 is 1.15 bits per heavy atom. The van der Waals surface area contributed by atoms with Gasteiger partial charge in [0.15, 0.2) is 10.9 Å². The summed E-state index contributed by atoms with van der Waals surface area (Å²) in [6.07, 6.45) is 1.57. The van der Waals surface area contributed by atoms with Gasteiger partial charge in [0.05, 0.1) is 18.6 Å². The van der Waals surface area contributed by atoms with Crippen LogP contribution in [0.4, 0.5) is 9.52 Å². The SMILES string of the molecule is O=C(CSc1nnc(N2CCN(C(=O)COc3ccc(F)cc3)CC2)s1)NCc1ccco1. The quantitative estimate of drug-likeness (QED) is 0.456. The molecular formula is C21H22FN5O4S2. The van der Waals surface area contributed by atoms with E-state index >= 15 is 0 Å². The molecule has 0 saturated carbocycles. The maximum Gasteiger partial charge on any atom is 0.260 e. The van der Waals surface area contributed by atoms with Crippen LogP contribution in [0.1, 0.15) is 5.76 Å². The van der Waals surface area contributed by atoms with E-state index < -0.39 is 0 Å². The molecular weight excluding hydrogens is 469 g/mol. The molecule has 0 bridgehead atoms. The van der Waals surface area contributed by atoms with Crippen LogP contribution < -0.4 is 15.0 Å². The molecule has 1 aliphatic rings. The smallest absolute Gasteiger partial charge is 0.260 e. The fourth-order valence-corrected chi connectivity index (χ4v) is 4.80. The van der Waals surface area contributed by atoms with Crippen LogP contribution in [0.2, 0.25) is 0 Å². The number of rotatable bonds is 9. The molecule has 9 nitrogen and oxygen atoms in total. The van der Waals surface area contributed by atoms with Crippen LogP contribution in [0, 0.1) is 5.82 Å². The Hall–Kier alpha value is -3.12. The fourth-order valence-electron chi connectivity index (χ4n) is 3.08. The van der Waals surface area contributed by atoms with E-state index in [1.807, 2.05) is 0 Å². The summed E-state index contributed by atoms with van der Waals surface area (Å²) in [6, 6.07) is 9.15. The van der Waals surface area contributed by atoms with Gasteiger partial charge < -0.3 is 24.3 Å². The normalized spacial score (nSPS) is 13.7. The number of thioether (sulfide) groups is 1. The van der Waals surface area contributed by atoms with Gasteiger partial charge in [-0.15, -0.1) is 10.2 Å². The van der Waals surface area contributed by atoms with E-state index in [0.29, 0.717) is 48.6 Å². The third kappa shape index (κ3) is 6.68. The minimum Gasteiger partial charge on any atom is -0.484 e. The summed E-state index contributed by atoms with van der Waals surface area (Å²) >= 11 is 2.76. The van der Waals surface area contributed by atoms with Gasteiger partial charge in [0, 0.05) is 26.2 Å². The van der Waals surface area contributed by atoms with Gasteiger partial charge in [-0.1, -0.05) is 23.1 Å². The topological polar surface area (TPSA) is 101 Å². The Morgan fingerprint density at radius 2 is 1.94 bits per heavy atom. The highest BCUT2D eigenvalue weighted by Crippen LogP contribution is 2.28. The first-order valence-corrected chi connectivity index (χ1v) is 12.0. The van der Waals surface area contributed by atoms with E-state index in [0.717, 1.165) is 5.13 Å². The fraction of sp³-hybridized carbons (Fsp3) is 0.333. The number of halogens is 1. The van der Waals surface area contributed by atoms with Crippen LogP contribution in [0.5, 0.6) is 5.75 Å². The highest BCUT2D eigenvalue weighted by molar-refractivity contribution is 8.01. The molecule has 0 radical (unpaired) electrons. The molecule has 174 valence electrons. The minimum atomic E-state index is -0.351. The van der Waals surface area contributed by atoms with Crippen LogP contribution in [0.15, 0.2) is 51.4 Å². The van der Waals surface area contributed by atoms with E-state index in [4.69, 9.17) is 9.15 Å². The predicted molar refractivity (Wildman–Crippen MR) is 122 cm³/mol. The van der Waals surface area contributed by atoms with Gasteiger partial charge in [-0.05, 0) is 36.4 Å². The number of aromatic nitrogens is 2. The van der Waals surface area contributed by atoms with E-state index in [1.165, 1.54) is 47.4 Å². The number of anilines is 1. The van der Waals surface area contributed by atoms with Crippen molar-refractivity contribution in [1.29, 1.82) is 0 Å². The average Bonchev–Trinajstić information content (AvgIpc) is 3.53. The predicted octanol–water partition coefficient (Wildman–Crippen LogP) is 2.41. The number of hydrogen-bond donors (Lipinski definition) is 1. The van der Waals surface area contributed by atoms with Crippen molar-refractivity contribution in [3.8, 4) is 5.75 Å². The lowest BCUT2D eigenvalue weighted by Gasteiger charge is -2.34. The summed E-state index contributed by atoms with van der Waals surface area (Å²) < 4.78 is 24.3. The summed E-state index contributed by atoms with van der Waals surface area (Å²) in [5.41, 5.74) is 0. The van der Waals surface area contributed by atoms with Gasteiger partial charge in [-0.2, -0.15) is 0 Å². The summed E-state index contributed by atoms with van der Waals surface area (Å²) in [6.45, 7) is 2.61. The highest BCUT2D eigenvalue weighted by atomic mass is 32.2. The summed E-state index contributed by atoms with van der Waals surface area (Å²) in [5, 5.41) is 11.9. The number of carbonyl (C=O) groups is 2. The van der Waals surface area contributed by atoms with Crippen LogP contribution in [0.25, 0.3) is 0 Å². The largest absolute Gasteiger partial charge is 0.484 e. The van der Waals surface area contributed by atoms with E-state index in [-0.39, 0.29) is 30.0 Å². The van der Waals surface area contributed by atoms with Crippen molar-refractivity contribution in [3.05, 3.63) is 54.2 Å². The lowest BCUT2D eigenvalue weighted by molar-refractivity contribution is -0.133. The van der Waals surface area contributed by atoms with Gasteiger partial charge in [0.1, 0.15) is 17.3 Å². The third-order valence-electron chi connectivity index (χ3n) is 4.84. The monoisotopic (exact) mass is 491 g/mol. The molecule has 2 amide bonds. The van der Waals surface area contributed by atoms with E-state index in [1.54, 1.807) is 23.3 Å². The molecule has 1 aromatic carbocycles. The molecule has 3 aromatic rings. The maximum absolute atomic E-state index is 12.9. The molecule has 1 fully saturated rings. The molecule has 0 atom stereocenters. The van der Waals surface area contributed by atoms with Crippen molar-refractivity contribution < 1.29 is 23.1 Å². The number of nitrogens with zero attached hydrogens (tertiary/aromatic N) is 4. The first-order valence-electron chi connectivity index (χ1n) is 10.2. The molecule has 33 heavy (non-hydrogen) atoms. The van der Waals surface area contributed by atoms with E-state index in [2.05, 4.69) is 20.4 Å². The lowest BCUT2D eigenvalue weighted by atomic mass is 10.3. The summed E-state index contributed by atoms with van der Waals surface area (Å²) in [5.74, 6) is 0.821. The number of furan rings is 1. The average molecular weight is 492 g/mol. The summed E-state index contributed by atoms with van der Waals surface area (Å²) in [7, 11) is 0. The first-order chi connectivity index (χ1) is 16.1. The first kappa shape index (κ1) is 23.1. The zero-order chi connectivity index (χ0) is 23.0.